The summed E-state index contributed by atoms with van der Waals surface area (Å²) >= 11 is 0. The fourth-order valence-electron chi connectivity index (χ4n) is 7.73. The Hall–Kier alpha value is -1.63. The standard InChI is InChI=1S/C27H47N7/c1-3-34(4-2)13-9-12-28-24-30-25(29-23-10-7-5-6-8-11-23)32-26(31-24)33-27-17-20-14-21(18-27)16-22(15-20)19-27/h20-23H,3-19H2,1-2H3,(H3,28,29,30,31,32,33). The lowest BCUT2D eigenvalue weighted by molar-refractivity contribution is 0.0103. The van der Waals surface area contributed by atoms with Crippen LogP contribution in [0, 0.1) is 17.8 Å². The van der Waals surface area contributed by atoms with Gasteiger partial charge in [-0.1, -0.05) is 39.5 Å². The first-order chi connectivity index (χ1) is 16.6. The van der Waals surface area contributed by atoms with Crippen LogP contribution in [-0.2, 0) is 0 Å². The van der Waals surface area contributed by atoms with Gasteiger partial charge in [0.2, 0.25) is 17.8 Å². The molecule has 5 saturated carbocycles. The predicted molar refractivity (Wildman–Crippen MR) is 140 cm³/mol. The predicted octanol–water partition coefficient (Wildman–Crippen LogP) is 5.53. The fraction of sp³-hybridized carbons (Fsp3) is 0.889. The molecule has 0 amide bonds. The van der Waals surface area contributed by atoms with Gasteiger partial charge in [-0.15, -0.1) is 0 Å². The van der Waals surface area contributed by atoms with Crippen LogP contribution in [0.3, 0.4) is 0 Å². The van der Waals surface area contributed by atoms with E-state index in [0.717, 1.165) is 68.2 Å². The Balaban J connectivity index is 1.28. The van der Waals surface area contributed by atoms with Gasteiger partial charge in [-0.25, -0.2) is 0 Å². The zero-order valence-corrected chi connectivity index (χ0v) is 21.6. The van der Waals surface area contributed by atoms with Crippen molar-refractivity contribution in [2.24, 2.45) is 17.8 Å². The SMILES string of the molecule is CCN(CC)CCCNc1nc(NC2CCCCCC2)nc(NC23CC4CC(CC(C4)C2)C3)n1. The highest BCUT2D eigenvalue weighted by Crippen LogP contribution is 2.56. The summed E-state index contributed by atoms with van der Waals surface area (Å²) in [7, 11) is 0. The molecule has 0 aliphatic heterocycles. The lowest BCUT2D eigenvalue weighted by Gasteiger charge is -2.56. The summed E-state index contributed by atoms with van der Waals surface area (Å²) in [6.45, 7) is 8.68. The second-order valence-electron chi connectivity index (χ2n) is 11.8. The van der Waals surface area contributed by atoms with Gasteiger partial charge in [0.25, 0.3) is 0 Å². The van der Waals surface area contributed by atoms with E-state index in [2.05, 4.69) is 34.7 Å². The van der Waals surface area contributed by atoms with E-state index in [4.69, 9.17) is 15.0 Å². The summed E-state index contributed by atoms with van der Waals surface area (Å²) in [5, 5.41) is 11.1. The molecule has 0 unspecified atom stereocenters. The zero-order valence-electron chi connectivity index (χ0n) is 21.6. The number of aromatic nitrogens is 3. The molecule has 5 fully saturated rings. The monoisotopic (exact) mass is 469 g/mol. The van der Waals surface area contributed by atoms with Crippen LogP contribution in [-0.4, -0.2) is 57.6 Å². The second-order valence-corrected chi connectivity index (χ2v) is 11.8. The second kappa shape index (κ2) is 11.0. The minimum atomic E-state index is 0.204. The Morgan fingerprint density at radius 1 is 0.794 bits per heavy atom. The maximum atomic E-state index is 4.92. The van der Waals surface area contributed by atoms with E-state index in [1.54, 1.807) is 0 Å². The van der Waals surface area contributed by atoms with Crippen LogP contribution in [0.5, 0.6) is 0 Å². The highest BCUT2D eigenvalue weighted by atomic mass is 15.3. The summed E-state index contributed by atoms with van der Waals surface area (Å²) < 4.78 is 0. The summed E-state index contributed by atoms with van der Waals surface area (Å²) in [6, 6.07) is 0.479. The molecule has 1 aromatic heterocycles. The van der Waals surface area contributed by atoms with E-state index in [9.17, 15) is 0 Å². The topological polar surface area (TPSA) is 78.0 Å². The molecule has 1 heterocycles. The lowest BCUT2D eigenvalue weighted by Crippen LogP contribution is -2.55. The first kappa shape index (κ1) is 24.1. The molecule has 4 bridgehead atoms. The molecule has 0 atom stereocenters. The maximum absolute atomic E-state index is 4.92. The van der Waals surface area contributed by atoms with Crippen molar-refractivity contribution in [2.45, 2.75) is 109 Å². The molecular formula is C27H47N7. The van der Waals surface area contributed by atoms with Crippen molar-refractivity contribution in [2.75, 3.05) is 42.1 Å². The maximum Gasteiger partial charge on any atom is 0.229 e. The van der Waals surface area contributed by atoms with Gasteiger partial charge in [-0.05, 0) is 95.2 Å². The number of nitrogens with zero attached hydrogens (tertiary/aromatic N) is 4. The molecular weight excluding hydrogens is 422 g/mol. The summed E-state index contributed by atoms with van der Waals surface area (Å²) in [6.07, 6.45) is 17.1. The molecule has 7 heteroatoms. The van der Waals surface area contributed by atoms with Crippen molar-refractivity contribution in [1.82, 2.24) is 19.9 Å². The van der Waals surface area contributed by atoms with E-state index in [0.29, 0.717) is 6.04 Å². The van der Waals surface area contributed by atoms with E-state index < -0.39 is 0 Å². The largest absolute Gasteiger partial charge is 0.354 e. The quantitative estimate of drug-likeness (QED) is 0.290. The average molecular weight is 470 g/mol. The highest BCUT2D eigenvalue weighted by molar-refractivity contribution is 5.44. The third-order valence-corrected chi connectivity index (χ3v) is 9.07. The smallest absolute Gasteiger partial charge is 0.229 e. The van der Waals surface area contributed by atoms with Gasteiger partial charge in [0.1, 0.15) is 0 Å². The van der Waals surface area contributed by atoms with Crippen molar-refractivity contribution in [3.63, 3.8) is 0 Å². The first-order valence-corrected chi connectivity index (χ1v) is 14.4. The summed E-state index contributed by atoms with van der Waals surface area (Å²) in [5.41, 5.74) is 0.204. The Morgan fingerprint density at radius 3 is 2.00 bits per heavy atom. The summed E-state index contributed by atoms with van der Waals surface area (Å²) in [4.78, 5) is 17.1. The van der Waals surface area contributed by atoms with Gasteiger partial charge >= 0.3 is 0 Å². The van der Waals surface area contributed by atoms with Gasteiger partial charge in [-0.3, -0.25) is 0 Å². The Bertz CT molecular complexity index is 750. The van der Waals surface area contributed by atoms with Crippen LogP contribution in [0.2, 0.25) is 0 Å². The molecule has 0 spiro atoms. The van der Waals surface area contributed by atoms with Gasteiger partial charge in [0, 0.05) is 18.1 Å². The molecule has 5 aliphatic rings. The normalized spacial score (nSPS) is 31.0. The van der Waals surface area contributed by atoms with Crippen molar-refractivity contribution >= 4 is 17.8 Å². The molecule has 0 aromatic carbocycles. The molecule has 0 radical (unpaired) electrons. The molecule has 0 saturated heterocycles. The highest BCUT2D eigenvalue weighted by Gasteiger charge is 2.51. The summed E-state index contributed by atoms with van der Waals surface area (Å²) in [5.74, 6) is 4.96. The van der Waals surface area contributed by atoms with Crippen molar-refractivity contribution in [3.8, 4) is 0 Å². The molecule has 190 valence electrons. The van der Waals surface area contributed by atoms with Gasteiger partial charge in [0.15, 0.2) is 0 Å². The van der Waals surface area contributed by atoms with Crippen LogP contribution in [0.4, 0.5) is 17.8 Å². The molecule has 5 aliphatic carbocycles. The molecule has 34 heavy (non-hydrogen) atoms. The number of hydrogen-bond donors (Lipinski definition) is 3. The van der Waals surface area contributed by atoms with Crippen LogP contribution in [0.1, 0.15) is 97.3 Å². The number of rotatable bonds is 11. The van der Waals surface area contributed by atoms with E-state index >= 15 is 0 Å². The van der Waals surface area contributed by atoms with E-state index in [1.165, 1.54) is 77.0 Å². The number of nitrogens with one attached hydrogen (secondary N) is 3. The third kappa shape index (κ3) is 5.95. The van der Waals surface area contributed by atoms with Crippen molar-refractivity contribution in [1.29, 1.82) is 0 Å². The van der Waals surface area contributed by atoms with Crippen LogP contribution < -0.4 is 16.0 Å². The van der Waals surface area contributed by atoms with Gasteiger partial charge in [0.05, 0.1) is 0 Å². The number of hydrogen-bond acceptors (Lipinski definition) is 7. The Morgan fingerprint density at radius 2 is 1.38 bits per heavy atom. The van der Waals surface area contributed by atoms with Crippen molar-refractivity contribution < 1.29 is 0 Å². The molecule has 1 aromatic rings. The fourth-order valence-corrected chi connectivity index (χ4v) is 7.73. The minimum absolute atomic E-state index is 0.204. The minimum Gasteiger partial charge on any atom is -0.354 e. The van der Waals surface area contributed by atoms with Crippen LogP contribution in [0.25, 0.3) is 0 Å². The van der Waals surface area contributed by atoms with Crippen LogP contribution in [0.15, 0.2) is 0 Å². The Kier molecular flexibility index (Phi) is 7.77. The number of anilines is 3. The lowest BCUT2D eigenvalue weighted by atomic mass is 9.53. The van der Waals surface area contributed by atoms with E-state index in [1.807, 2.05) is 0 Å². The van der Waals surface area contributed by atoms with Gasteiger partial charge < -0.3 is 20.9 Å². The van der Waals surface area contributed by atoms with Gasteiger partial charge in [-0.2, -0.15) is 15.0 Å². The Labute approximate surface area is 206 Å². The third-order valence-electron chi connectivity index (χ3n) is 9.07. The van der Waals surface area contributed by atoms with Crippen molar-refractivity contribution in [3.05, 3.63) is 0 Å². The average Bonchev–Trinajstić information content (AvgIpc) is 3.06. The first-order valence-electron chi connectivity index (χ1n) is 14.4. The molecule has 3 N–H and O–H groups in total. The molecule has 6 rings (SSSR count). The van der Waals surface area contributed by atoms with E-state index in [-0.39, 0.29) is 5.54 Å². The molecule has 7 nitrogen and oxygen atoms in total. The van der Waals surface area contributed by atoms with Crippen LogP contribution >= 0.6 is 0 Å². The zero-order chi connectivity index (χ0) is 23.4.